The number of carbonyl (C=O) groups is 2. The Kier molecular flexibility index (Phi) is 7.32. The quantitative estimate of drug-likeness (QED) is 0.774. The highest BCUT2D eigenvalue weighted by atomic mass is 19.1. The van der Waals surface area contributed by atoms with Crippen molar-refractivity contribution in [3.05, 3.63) is 65.5 Å². The van der Waals surface area contributed by atoms with Crippen molar-refractivity contribution < 1.29 is 18.7 Å². The first-order chi connectivity index (χ1) is 13.0. The molecule has 0 aliphatic carbocycles. The number of nitrogens with zero attached hydrogens (tertiary/aromatic N) is 2. The molecule has 0 unspecified atom stereocenters. The first-order valence-electron chi connectivity index (χ1n) is 8.43. The highest BCUT2D eigenvalue weighted by Gasteiger charge is 2.16. The van der Waals surface area contributed by atoms with Crippen LogP contribution in [0.4, 0.5) is 4.39 Å². The number of ether oxygens (including phenoxy) is 1. The van der Waals surface area contributed by atoms with Crippen molar-refractivity contribution in [3.63, 3.8) is 0 Å². The molecule has 2 rings (SSSR count). The summed E-state index contributed by atoms with van der Waals surface area (Å²) in [5, 5.41) is 11.5. The van der Waals surface area contributed by atoms with Gasteiger partial charge in [-0.05, 0) is 48.9 Å². The first-order valence-corrected chi connectivity index (χ1v) is 8.43. The van der Waals surface area contributed by atoms with E-state index in [2.05, 4.69) is 5.32 Å². The van der Waals surface area contributed by atoms with Crippen LogP contribution in [-0.2, 0) is 16.1 Å². The first kappa shape index (κ1) is 19.9. The fraction of sp³-hybridized carbons (Fsp3) is 0.250. The van der Waals surface area contributed by atoms with Gasteiger partial charge in [0.25, 0.3) is 5.91 Å². The third kappa shape index (κ3) is 6.44. The number of rotatable bonds is 8. The van der Waals surface area contributed by atoms with Crippen LogP contribution < -0.4 is 10.1 Å². The number of hydrogen-bond donors (Lipinski definition) is 1. The molecule has 0 aromatic heterocycles. The minimum Gasteiger partial charge on any atom is -0.484 e. The molecule has 0 atom stereocenters. The molecular formula is C20H20FN3O3. The monoisotopic (exact) mass is 369 g/mol. The second kappa shape index (κ2) is 9.92. The fourth-order valence-electron chi connectivity index (χ4n) is 2.27. The van der Waals surface area contributed by atoms with E-state index in [0.717, 1.165) is 5.56 Å². The van der Waals surface area contributed by atoms with Crippen molar-refractivity contribution >= 4 is 11.8 Å². The molecule has 0 fully saturated rings. The second-order valence-corrected chi connectivity index (χ2v) is 5.74. The summed E-state index contributed by atoms with van der Waals surface area (Å²) in [5.74, 6) is -0.499. The number of amides is 2. The van der Waals surface area contributed by atoms with Gasteiger partial charge in [0.1, 0.15) is 11.6 Å². The summed E-state index contributed by atoms with van der Waals surface area (Å²) in [6.07, 6.45) is 0. The van der Waals surface area contributed by atoms with Gasteiger partial charge in [0.05, 0.1) is 18.2 Å². The van der Waals surface area contributed by atoms with Gasteiger partial charge in [-0.2, -0.15) is 5.26 Å². The summed E-state index contributed by atoms with van der Waals surface area (Å²) < 4.78 is 18.3. The summed E-state index contributed by atoms with van der Waals surface area (Å²) in [7, 11) is 0. The van der Waals surface area contributed by atoms with Crippen molar-refractivity contribution in [2.45, 2.75) is 13.5 Å². The van der Waals surface area contributed by atoms with Crippen LogP contribution in [0.15, 0.2) is 48.5 Å². The third-order valence-electron chi connectivity index (χ3n) is 3.82. The van der Waals surface area contributed by atoms with Crippen LogP contribution in [-0.4, -0.2) is 36.4 Å². The standard InChI is InChI=1S/C20H20FN3O3/c1-2-24(13-19(25)23-12-16-3-7-17(21)8-4-16)20(26)14-27-18-9-5-15(11-22)6-10-18/h3-10H,2,12-14H2,1H3,(H,23,25). The molecule has 0 radical (unpaired) electrons. The SMILES string of the molecule is CCN(CC(=O)NCc1ccc(F)cc1)C(=O)COc1ccc(C#N)cc1. The molecule has 7 heteroatoms. The van der Waals surface area contributed by atoms with Crippen molar-refractivity contribution in [3.8, 4) is 11.8 Å². The van der Waals surface area contributed by atoms with E-state index in [9.17, 15) is 14.0 Å². The largest absolute Gasteiger partial charge is 0.484 e. The molecular weight excluding hydrogens is 349 g/mol. The summed E-state index contributed by atoms with van der Waals surface area (Å²) in [4.78, 5) is 25.7. The number of likely N-dealkylation sites (N-methyl/N-ethyl adjacent to an activating group) is 1. The second-order valence-electron chi connectivity index (χ2n) is 5.74. The average molecular weight is 369 g/mol. The zero-order valence-electron chi connectivity index (χ0n) is 14.9. The molecule has 0 heterocycles. The molecule has 0 aliphatic heterocycles. The number of nitriles is 1. The van der Waals surface area contributed by atoms with Gasteiger partial charge in [-0.25, -0.2) is 4.39 Å². The lowest BCUT2D eigenvalue weighted by Gasteiger charge is -2.20. The van der Waals surface area contributed by atoms with Crippen LogP contribution in [0.3, 0.4) is 0 Å². The summed E-state index contributed by atoms with van der Waals surface area (Å²) in [6.45, 7) is 2.09. The molecule has 2 aromatic rings. The van der Waals surface area contributed by atoms with Crippen LogP contribution in [0.5, 0.6) is 5.75 Å². The Bertz CT molecular complexity index is 814. The molecule has 27 heavy (non-hydrogen) atoms. The average Bonchev–Trinajstić information content (AvgIpc) is 2.70. The Balaban J connectivity index is 1.79. The van der Waals surface area contributed by atoms with Crippen molar-refractivity contribution in [1.29, 1.82) is 5.26 Å². The smallest absolute Gasteiger partial charge is 0.260 e. The predicted molar refractivity (Wildman–Crippen MR) is 97.2 cm³/mol. The molecule has 6 nitrogen and oxygen atoms in total. The Morgan fingerprint density at radius 3 is 2.41 bits per heavy atom. The number of hydrogen-bond acceptors (Lipinski definition) is 4. The summed E-state index contributed by atoms with van der Waals surface area (Å²) in [5.41, 5.74) is 1.27. The number of nitrogens with one attached hydrogen (secondary N) is 1. The van der Waals surface area contributed by atoms with Gasteiger partial charge in [-0.1, -0.05) is 12.1 Å². The van der Waals surface area contributed by atoms with E-state index in [1.807, 2.05) is 6.07 Å². The van der Waals surface area contributed by atoms with Gasteiger partial charge in [0, 0.05) is 13.1 Å². The minimum atomic E-state index is -0.338. The van der Waals surface area contributed by atoms with E-state index in [4.69, 9.17) is 10.00 Å². The van der Waals surface area contributed by atoms with Crippen LogP contribution in [0.2, 0.25) is 0 Å². The highest BCUT2D eigenvalue weighted by molar-refractivity contribution is 5.85. The van der Waals surface area contributed by atoms with Crippen LogP contribution in [0, 0.1) is 17.1 Å². The van der Waals surface area contributed by atoms with Crippen LogP contribution in [0.1, 0.15) is 18.1 Å². The van der Waals surface area contributed by atoms with Gasteiger partial charge in [-0.3, -0.25) is 9.59 Å². The van der Waals surface area contributed by atoms with Crippen molar-refractivity contribution in [2.75, 3.05) is 19.7 Å². The third-order valence-corrected chi connectivity index (χ3v) is 3.82. The maximum atomic E-state index is 12.9. The van der Waals surface area contributed by atoms with E-state index >= 15 is 0 Å². The zero-order valence-corrected chi connectivity index (χ0v) is 14.9. The predicted octanol–water partition coefficient (Wildman–Crippen LogP) is 2.24. The Morgan fingerprint density at radius 2 is 1.81 bits per heavy atom. The van der Waals surface area contributed by atoms with Crippen LogP contribution >= 0.6 is 0 Å². The lowest BCUT2D eigenvalue weighted by molar-refractivity contribution is -0.137. The van der Waals surface area contributed by atoms with Gasteiger partial charge < -0.3 is 15.0 Å². The van der Waals surface area contributed by atoms with Crippen molar-refractivity contribution in [1.82, 2.24) is 10.2 Å². The van der Waals surface area contributed by atoms with E-state index < -0.39 is 0 Å². The topological polar surface area (TPSA) is 82.4 Å². The van der Waals surface area contributed by atoms with Crippen molar-refractivity contribution in [2.24, 2.45) is 0 Å². The molecule has 1 N–H and O–H groups in total. The number of carbonyl (C=O) groups excluding carboxylic acids is 2. The molecule has 0 spiro atoms. The number of halogens is 1. The van der Waals surface area contributed by atoms with Gasteiger partial charge >= 0.3 is 0 Å². The van der Waals surface area contributed by atoms with Gasteiger partial charge in [0.2, 0.25) is 5.91 Å². The Hall–Kier alpha value is -3.40. The van der Waals surface area contributed by atoms with Gasteiger partial charge in [-0.15, -0.1) is 0 Å². The Labute approximate surface area is 157 Å². The zero-order chi connectivity index (χ0) is 19.6. The minimum absolute atomic E-state index is 0.0900. The lowest BCUT2D eigenvalue weighted by atomic mass is 10.2. The van der Waals surface area contributed by atoms with Crippen LogP contribution in [0.25, 0.3) is 0 Å². The molecule has 0 saturated heterocycles. The Morgan fingerprint density at radius 1 is 1.15 bits per heavy atom. The number of benzene rings is 2. The molecule has 2 aromatic carbocycles. The maximum absolute atomic E-state index is 12.9. The van der Waals surface area contributed by atoms with E-state index in [0.29, 0.717) is 17.9 Å². The molecule has 0 bridgehead atoms. The van der Waals surface area contributed by atoms with E-state index in [1.165, 1.54) is 17.0 Å². The van der Waals surface area contributed by atoms with E-state index in [1.54, 1.807) is 43.3 Å². The normalized spacial score (nSPS) is 9.96. The summed E-state index contributed by atoms with van der Waals surface area (Å²) in [6, 6.07) is 14.2. The molecule has 140 valence electrons. The molecule has 2 amide bonds. The maximum Gasteiger partial charge on any atom is 0.260 e. The lowest BCUT2D eigenvalue weighted by Crippen LogP contribution is -2.42. The van der Waals surface area contributed by atoms with E-state index in [-0.39, 0.29) is 37.3 Å². The highest BCUT2D eigenvalue weighted by Crippen LogP contribution is 2.11. The molecule has 0 saturated carbocycles. The summed E-state index contributed by atoms with van der Waals surface area (Å²) >= 11 is 0. The van der Waals surface area contributed by atoms with Gasteiger partial charge in [0.15, 0.2) is 6.61 Å². The molecule has 0 aliphatic rings. The fourth-order valence-corrected chi connectivity index (χ4v) is 2.27.